The molecule has 3 aliphatic rings. The summed E-state index contributed by atoms with van der Waals surface area (Å²) in [7, 11) is 0. The van der Waals surface area contributed by atoms with Crippen LogP contribution in [-0.4, -0.2) is 36.8 Å². The molecule has 0 spiro atoms. The summed E-state index contributed by atoms with van der Waals surface area (Å²) in [6.07, 6.45) is 5.10. The van der Waals surface area contributed by atoms with E-state index in [4.69, 9.17) is 4.74 Å². The van der Waals surface area contributed by atoms with Crippen molar-refractivity contribution in [2.75, 3.05) is 6.54 Å². The maximum absolute atomic E-state index is 13.9. The Hall–Kier alpha value is -0.890. The van der Waals surface area contributed by atoms with E-state index in [-0.39, 0.29) is 41.8 Å². The Bertz CT molecular complexity index is 612. The summed E-state index contributed by atoms with van der Waals surface area (Å²) in [5.74, 6) is 0.985. The van der Waals surface area contributed by atoms with Crippen LogP contribution in [0.25, 0.3) is 0 Å². The number of aliphatic imine (C=N–C) groups is 1. The van der Waals surface area contributed by atoms with E-state index < -0.39 is 0 Å². The van der Waals surface area contributed by atoms with Crippen LogP contribution < -0.4 is 10.6 Å². The van der Waals surface area contributed by atoms with Crippen molar-refractivity contribution < 1.29 is 9.13 Å². The number of fused-ring (bicyclic) bond motifs is 2. The second kappa shape index (κ2) is 7.56. The topological polar surface area (TPSA) is 45.7 Å². The first-order valence-corrected chi connectivity index (χ1v) is 8.72. The third-order valence-electron chi connectivity index (χ3n) is 5.16. The Morgan fingerprint density at radius 2 is 2.00 bits per heavy atom. The van der Waals surface area contributed by atoms with Gasteiger partial charge in [0.05, 0.1) is 18.2 Å². The molecule has 4 nitrogen and oxygen atoms in total. The van der Waals surface area contributed by atoms with Gasteiger partial charge in [0.25, 0.3) is 0 Å². The molecule has 1 saturated carbocycles. The minimum absolute atomic E-state index is 0. The van der Waals surface area contributed by atoms with Gasteiger partial charge in [0.15, 0.2) is 5.96 Å². The van der Waals surface area contributed by atoms with E-state index >= 15 is 0 Å². The van der Waals surface area contributed by atoms with Crippen molar-refractivity contribution in [3.8, 4) is 0 Å². The summed E-state index contributed by atoms with van der Waals surface area (Å²) in [6.45, 7) is 2.76. The lowest BCUT2D eigenvalue weighted by Crippen LogP contribution is -2.48. The molecule has 2 aliphatic heterocycles. The lowest BCUT2D eigenvalue weighted by molar-refractivity contribution is 0.0992. The van der Waals surface area contributed by atoms with Crippen LogP contribution in [0.15, 0.2) is 29.3 Å². The van der Waals surface area contributed by atoms with E-state index in [0.717, 1.165) is 37.3 Å². The molecule has 2 N–H and O–H groups in total. The summed E-state index contributed by atoms with van der Waals surface area (Å²) in [5, 5.41) is 7.00. The highest BCUT2D eigenvalue weighted by atomic mass is 127. The molecule has 2 bridgehead atoms. The first kappa shape index (κ1) is 17.9. The predicted molar refractivity (Wildman–Crippen MR) is 104 cm³/mol. The Morgan fingerprint density at radius 1 is 1.21 bits per heavy atom. The Labute approximate surface area is 159 Å². The minimum atomic E-state index is -0.106. The first-order valence-electron chi connectivity index (χ1n) is 8.72. The number of guanidine groups is 1. The summed E-state index contributed by atoms with van der Waals surface area (Å²) in [5.41, 5.74) is 0.809. The molecular weight excluding hydrogens is 420 g/mol. The second-order valence-corrected chi connectivity index (χ2v) is 6.80. The molecule has 5 atom stereocenters. The molecule has 1 aromatic carbocycles. The fourth-order valence-electron chi connectivity index (χ4n) is 3.91. The molecule has 3 fully saturated rings. The van der Waals surface area contributed by atoms with Crippen molar-refractivity contribution in [3.63, 3.8) is 0 Å². The van der Waals surface area contributed by atoms with E-state index in [9.17, 15) is 4.39 Å². The molecule has 0 aromatic heterocycles. The molecule has 1 aromatic rings. The average Bonchev–Trinajstić information content (AvgIpc) is 2.98. The molecule has 2 heterocycles. The lowest BCUT2D eigenvalue weighted by Gasteiger charge is -2.23. The Kier molecular flexibility index (Phi) is 5.64. The van der Waals surface area contributed by atoms with Crippen LogP contribution in [0, 0.1) is 5.82 Å². The van der Waals surface area contributed by atoms with Gasteiger partial charge in [-0.15, -0.1) is 24.0 Å². The summed E-state index contributed by atoms with van der Waals surface area (Å²) >= 11 is 0. The fourth-order valence-corrected chi connectivity index (χ4v) is 3.91. The van der Waals surface area contributed by atoms with Gasteiger partial charge in [-0.25, -0.2) is 4.39 Å². The van der Waals surface area contributed by atoms with Crippen LogP contribution in [0.1, 0.15) is 44.1 Å². The van der Waals surface area contributed by atoms with Crippen molar-refractivity contribution >= 4 is 29.9 Å². The van der Waals surface area contributed by atoms with E-state index in [1.165, 1.54) is 12.5 Å². The van der Waals surface area contributed by atoms with Gasteiger partial charge in [0.1, 0.15) is 5.82 Å². The number of benzene rings is 1. The predicted octanol–water partition coefficient (Wildman–Crippen LogP) is 3.17. The highest BCUT2D eigenvalue weighted by Crippen LogP contribution is 2.42. The van der Waals surface area contributed by atoms with Crippen LogP contribution in [0.5, 0.6) is 0 Å². The number of halogens is 2. The zero-order chi connectivity index (χ0) is 15.8. The molecule has 132 valence electrons. The van der Waals surface area contributed by atoms with Gasteiger partial charge in [-0.3, -0.25) is 4.99 Å². The smallest absolute Gasteiger partial charge is 0.191 e. The minimum Gasteiger partial charge on any atom is -0.373 e. The maximum Gasteiger partial charge on any atom is 0.191 e. The van der Waals surface area contributed by atoms with Crippen LogP contribution in [-0.2, 0) is 4.74 Å². The molecule has 0 amide bonds. The van der Waals surface area contributed by atoms with E-state index in [1.54, 1.807) is 6.07 Å². The fraction of sp³-hybridized carbons (Fsp3) is 0.611. The average molecular weight is 445 g/mol. The standard InChI is InChI=1S/C18H24FN3O.HI/c1-2-20-18(22-16-9-11-7-8-17(16)23-11)21-15-10-13(15)12-5-3-4-6-14(12)19;/h3-6,11,13,15-17H,2,7-10H2,1H3,(H2,20,21,22);1H. The molecule has 1 aliphatic carbocycles. The number of nitrogens with one attached hydrogen (secondary N) is 2. The third-order valence-corrected chi connectivity index (χ3v) is 5.16. The van der Waals surface area contributed by atoms with Crippen molar-refractivity contribution in [2.45, 2.75) is 62.8 Å². The summed E-state index contributed by atoms with van der Waals surface area (Å²) < 4.78 is 19.8. The van der Waals surface area contributed by atoms with Gasteiger partial charge in [-0.2, -0.15) is 0 Å². The van der Waals surface area contributed by atoms with Crippen LogP contribution in [0.4, 0.5) is 4.39 Å². The lowest BCUT2D eigenvalue weighted by atomic mass is 9.96. The van der Waals surface area contributed by atoms with Crippen molar-refractivity contribution in [2.24, 2.45) is 4.99 Å². The monoisotopic (exact) mass is 445 g/mol. The normalized spacial score (nSPS) is 33.9. The molecule has 2 saturated heterocycles. The Morgan fingerprint density at radius 3 is 2.67 bits per heavy atom. The molecule has 0 radical (unpaired) electrons. The van der Waals surface area contributed by atoms with Gasteiger partial charge >= 0.3 is 0 Å². The number of hydrogen-bond acceptors (Lipinski definition) is 2. The highest BCUT2D eigenvalue weighted by molar-refractivity contribution is 14.0. The highest BCUT2D eigenvalue weighted by Gasteiger charge is 2.43. The zero-order valence-electron chi connectivity index (χ0n) is 13.9. The van der Waals surface area contributed by atoms with E-state index in [1.807, 2.05) is 19.1 Å². The molecule has 4 rings (SSSR count). The number of nitrogens with zero attached hydrogens (tertiary/aromatic N) is 1. The number of ether oxygens (including phenoxy) is 1. The van der Waals surface area contributed by atoms with E-state index in [2.05, 4.69) is 15.6 Å². The Balaban J connectivity index is 0.00000169. The molecule has 6 heteroatoms. The zero-order valence-corrected chi connectivity index (χ0v) is 16.2. The molecule has 24 heavy (non-hydrogen) atoms. The van der Waals surface area contributed by atoms with Crippen molar-refractivity contribution in [1.82, 2.24) is 10.6 Å². The second-order valence-electron chi connectivity index (χ2n) is 6.80. The first-order chi connectivity index (χ1) is 11.2. The van der Waals surface area contributed by atoms with Gasteiger partial charge in [0, 0.05) is 18.5 Å². The van der Waals surface area contributed by atoms with Gasteiger partial charge < -0.3 is 15.4 Å². The number of rotatable bonds is 4. The van der Waals surface area contributed by atoms with Crippen LogP contribution in [0.3, 0.4) is 0 Å². The SMILES string of the molecule is CCN=C(NC1CC2CCC1O2)NC1CC1c1ccccc1F.I. The number of hydrogen-bond donors (Lipinski definition) is 2. The van der Waals surface area contributed by atoms with Gasteiger partial charge in [0.2, 0.25) is 0 Å². The summed E-state index contributed by atoms with van der Waals surface area (Å²) in [6, 6.07) is 7.69. The van der Waals surface area contributed by atoms with Crippen LogP contribution in [0.2, 0.25) is 0 Å². The summed E-state index contributed by atoms with van der Waals surface area (Å²) in [4.78, 5) is 4.55. The largest absolute Gasteiger partial charge is 0.373 e. The van der Waals surface area contributed by atoms with Crippen molar-refractivity contribution in [1.29, 1.82) is 0 Å². The maximum atomic E-state index is 13.9. The quantitative estimate of drug-likeness (QED) is 0.425. The van der Waals surface area contributed by atoms with Gasteiger partial charge in [-0.05, 0) is 44.2 Å². The van der Waals surface area contributed by atoms with Crippen molar-refractivity contribution in [3.05, 3.63) is 35.6 Å². The van der Waals surface area contributed by atoms with Crippen LogP contribution >= 0.6 is 24.0 Å². The third kappa shape index (κ3) is 3.69. The molecule has 5 unspecified atom stereocenters. The molecular formula is C18H25FIN3O. The van der Waals surface area contributed by atoms with Gasteiger partial charge in [-0.1, -0.05) is 18.2 Å². The van der Waals surface area contributed by atoms with E-state index in [0.29, 0.717) is 18.2 Å².